The number of aromatic amines is 1. The topological polar surface area (TPSA) is 98.3 Å². The van der Waals surface area contributed by atoms with Crippen LogP contribution in [-0.4, -0.2) is 22.2 Å². The molecule has 0 amide bonds. The zero-order valence-electron chi connectivity index (χ0n) is 8.72. The number of rotatable bonds is 2. The molecule has 84 valence electrons. The van der Waals surface area contributed by atoms with Gasteiger partial charge < -0.3 is 0 Å². The molecule has 0 atom stereocenters. The molecule has 17 heavy (non-hydrogen) atoms. The van der Waals surface area contributed by atoms with Crippen molar-refractivity contribution in [1.29, 1.82) is 0 Å². The predicted molar refractivity (Wildman–Crippen MR) is 58.6 cm³/mol. The number of aromatic nitrogens is 2. The Kier molecular flexibility index (Phi) is 2.76. The average molecular weight is 234 g/mol. The van der Waals surface area contributed by atoms with E-state index in [1.807, 2.05) is 0 Å². The first-order chi connectivity index (χ1) is 8.15. The molecule has 0 aliphatic heterocycles. The van der Waals surface area contributed by atoms with Gasteiger partial charge in [-0.2, -0.15) is 0 Å². The Hall–Kier alpha value is -2.41. The van der Waals surface area contributed by atoms with Crippen LogP contribution in [0.25, 0.3) is 11.0 Å². The first-order valence-corrected chi connectivity index (χ1v) is 4.59. The number of hydrogen-bond donors (Lipinski definition) is 1. The van der Waals surface area contributed by atoms with Gasteiger partial charge in [-0.05, 0) is 0 Å². The number of aryl methyl sites for hydroxylation is 1. The summed E-state index contributed by atoms with van der Waals surface area (Å²) >= 11 is 0. The van der Waals surface area contributed by atoms with E-state index in [-0.39, 0.29) is 18.7 Å². The molecule has 0 fully saturated rings. The number of halogens is 1. The van der Waals surface area contributed by atoms with Gasteiger partial charge in [0.2, 0.25) is 0 Å². The van der Waals surface area contributed by atoms with Gasteiger partial charge in [0.15, 0.2) is 0 Å². The molecule has 7 nitrogen and oxygen atoms in total. The van der Waals surface area contributed by atoms with E-state index < -0.39 is 4.92 Å². The molecule has 1 N–H and O–H groups in total. The summed E-state index contributed by atoms with van der Waals surface area (Å²) in [4.78, 5) is 17.1. The minimum atomic E-state index is -0.587. The minimum absolute atomic E-state index is 0.0156. The first-order valence-electron chi connectivity index (χ1n) is 4.59. The standard InChI is InChI=1S/C8H5BFN5O2/c1-4-7-5(11-3-12-7)2-6(13-14-9-10)8(4)15(16)17/h2-3H,1H3/p+1. The summed E-state index contributed by atoms with van der Waals surface area (Å²) in [5.41, 5.74) is 1.19. The van der Waals surface area contributed by atoms with E-state index in [1.54, 1.807) is 6.92 Å². The summed E-state index contributed by atoms with van der Waals surface area (Å²) < 4.78 is 14.8. The molecule has 0 aliphatic carbocycles. The van der Waals surface area contributed by atoms with Crippen LogP contribution in [-0.2, 0) is 0 Å². The Bertz CT molecular complexity index is 661. The van der Waals surface area contributed by atoms with Gasteiger partial charge in [0.05, 0.1) is 0 Å². The van der Waals surface area contributed by atoms with Crippen molar-refractivity contribution in [1.82, 2.24) is 14.7 Å². The molecule has 1 heterocycles. The number of hydrogen-bond acceptors (Lipinski definition) is 4. The van der Waals surface area contributed by atoms with Crippen molar-refractivity contribution in [3.8, 4) is 0 Å². The van der Waals surface area contributed by atoms with Gasteiger partial charge in [0, 0.05) is 0 Å². The molecule has 1 aromatic heterocycles. The fraction of sp³-hybridized carbons (Fsp3) is 0.125. The maximum atomic E-state index is 11.8. The zero-order valence-corrected chi connectivity index (χ0v) is 8.72. The Labute approximate surface area is 94.6 Å². The fourth-order valence-corrected chi connectivity index (χ4v) is 1.61. The van der Waals surface area contributed by atoms with E-state index in [0.29, 0.717) is 16.6 Å². The number of nitro benzene ring substituents is 1. The van der Waals surface area contributed by atoms with Crippen molar-refractivity contribution < 1.29 is 9.24 Å². The van der Waals surface area contributed by atoms with Gasteiger partial charge in [-0.1, -0.05) is 0 Å². The number of benzene rings is 1. The van der Waals surface area contributed by atoms with Gasteiger partial charge in [0.1, 0.15) is 0 Å². The summed E-state index contributed by atoms with van der Waals surface area (Å²) in [6.07, 6.45) is 1.42. The number of H-pyrrole nitrogens is 1. The van der Waals surface area contributed by atoms with E-state index in [1.165, 1.54) is 12.4 Å². The SMILES string of the molecule is Cc1c([N+](=O)[O-])c(N=[N+]=BF)cc2[nH]cnc12. The van der Waals surface area contributed by atoms with E-state index in [0.717, 1.165) is 0 Å². The van der Waals surface area contributed by atoms with Crippen LogP contribution in [0.4, 0.5) is 15.7 Å². The van der Waals surface area contributed by atoms with Crippen LogP contribution >= 0.6 is 0 Å². The van der Waals surface area contributed by atoms with Crippen LogP contribution in [0.2, 0.25) is 0 Å². The molecule has 1 aromatic carbocycles. The van der Waals surface area contributed by atoms with Crippen LogP contribution in [0.1, 0.15) is 5.56 Å². The molecule has 0 aliphatic rings. The monoisotopic (exact) mass is 234 g/mol. The van der Waals surface area contributed by atoms with Crippen molar-refractivity contribution in [2.45, 2.75) is 6.92 Å². The molecular weight excluding hydrogens is 228 g/mol. The van der Waals surface area contributed by atoms with Crippen LogP contribution in [0, 0.1) is 17.0 Å². The molecule has 0 bridgehead atoms. The van der Waals surface area contributed by atoms with Crippen molar-refractivity contribution in [2.24, 2.45) is 5.11 Å². The third-order valence-electron chi connectivity index (χ3n) is 2.29. The molecule has 0 saturated heterocycles. The number of nitro groups is 1. The second-order valence-corrected chi connectivity index (χ2v) is 3.24. The molecule has 0 spiro atoms. The predicted octanol–water partition coefficient (Wildman–Crippen LogP) is 1.70. The average Bonchev–Trinajstić information content (AvgIpc) is 2.74. The summed E-state index contributed by atoms with van der Waals surface area (Å²) in [6, 6.07) is 1.40. The summed E-state index contributed by atoms with van der Waals surface area (Å²) in [5.74, 6) is 0. The quantitative estimate of drug-likeness (QED) is 0.281. The second kappa shape index (κ2) is 4.22. The van der Waals surface area contributed by atoms with Gasteiger partial charge in [0.25, 0.3) is 0 Å². The molecule has 0 saturated carbocycles. The molecule has 9 heteroatoms. The van der Waals surface area contributed by atoms with Gasteiger partial charge in [-0.3, -0.25) is 0 Å². The second-order valence-electron chi connectivity index (χ2n) is 3.24. The summed E-state index contributed by atoms with van der Waals surface area (Å²) in [6.45, 7) is 1.56. The van der Waals surface area contributed by atoms with E-state index in [9.17, 15) is 14.4 Å². The van der Waals surface area contributed by atoms with E-state index in [2.05, 4.69) is 19.8 Å². The molecular formula is C8H6BFN5O2+. The van der Waals surface area contributed by atoms with Gasteiger partial charge >= 0.3 is 93.8 Å². The number of fused-ring (bicyclic) bond motifs is 1. The van der Waals surface area contributed by atoms with E-state index in [4.69, 9.17) is 0 Å². The summed E-state index contributed by atoms with van der Waals surface area (Å²) in [5, 5.41) is 14.4. The fourth-order valence-electron chi connectivity index (χ4n) is 1.61. The zero-order chi connectivity index (χ0) is 12.4. The Morgan fingerprint density at radius 2 is 2.47 bits per heavy atom. The Morgan fingerprint density at radius 1 is 1.71 bits per heavy atom. The molecule has 2 aromatic rings. The Morgan fingerprint density at radius 3 is 3.12 bits per heavy atom. The van der Waals surface area contributed by atoms with Crippen molar-refractivity contribution in [3.63, 3.8) is 0 Å². The molecule has 2 rings (SSSR count). The van der Waals surface area contributed by atoms with Crippen LogP contribution < -0.4 is 4.69 Å². The third kappa shape index (κ3) is 1.83. The van der Waals surface area contributed by atoms with Crippen molar-refractivity contribution >= 4 is 29.8 Å². The molecule has 0 radical (unpaired) electrons. The normalized spacial score (nSPS) is 9.76. The van der Waals surface area contributed by atoms with Gasteiger partial charge in [-0.25, -0.2) is 0 Å². The third-order valence-corrected chi connectivity index (χ3v) is 2.29. The van der Waals surface area contributed by atoms with Gasteiger partial charge in [-0.15, -0.1) is 0 Å². The summed E-state index contributed by atoms with van der Waals surface area (Å²) in [7, 11) is -0.0315. The number of nitrogens with one attached hydrogen (secondary N) is 1. The molecule has 0 unspecified atom stereocenters. The number of nitrogens with zero attached hydrogens (tertiary/aromatic N) is 4. The van der Waals surface area contributed by atoms with Crippen molar-refractivity contribution in [2.75, 3.05) is 0 Å². The van der Waals surface area contributed by atoms with Crippen molar-refractivity contribution in [3.05, 3.63) is 28.1 Å². The van der Waals surface area contributed by atoms with Crippen LogP contribution in [0.3, 0.4) is 0 Å². The van der Waals surface area contributed by atoms with Crippen LogP contribution in [0.15, 0.2) is 17.5 Å². The first kappa shape index (κ1) is 11.1. The Balaban J connectivity index is 2.84. The van der Waals surface area contributed by atoms with E-state index >= 15 is 0 Å². The number of imidazole rings is 1. The van der Waals surface area contributed by atoms with Crippen LogP contribution in [0.5, 0.6) is 0 Å². The maximum absolute atomic E-state index is 11.8.